The largest absolute Gasteiger partial charge is 0.383 e. The summed E-state index contributed by atoms with van der Waals surface area (Å²) in [5.74, 6) is -2.77. The van der Waals surface area contributed by atoms with E-state index in [0.717, 1.165) is 0 Å². The van der Waals surface area contributed by atoms with Crippen molar-refractivity contribution in [3.63, 3.8) is 0 Å². The Hall–Kier alpha value is -1.19. The van der Waals surface area contributed by atoms with Gasteiger partial charge in [-0.25, -0.2) is 13.2 Å². The van der Waals surface area contributed by atoms with Crippen LogP contribution in [0.2, 0.25) is 0 Å². The average molecular weight is 161 g/mol. The summed E-state index contributed by atoms with van der Waals surface area (Å²) in [5.41, 5.74) is -0.314. The molecule has 0 saturated heterocycles. The Balaban J connectivity index is 3.25. The van der Waals surface area contributed by atoms with Crippen molar-refractivity contribution in [3.8, 4) is 0 Å². The molecule has 0 amide bonds. The van der Waals surface area contributed by atoms with E-state index in [1.807, 2.05) is 0 Å². The summed E-state index contributed by atoms with van der Waals surface area (Å²) in [6, 6.07) is 1.24. The van der Waals surface area contributed by atoms with E-state index in [0.29, 0.717) is 12.1 Å². The summed E-state index contributed by atoms with van der Waals surface area (Å²) in [6.45, 7) is 0. The predicted molar refractivity (Wildman–Crippen MR) is 35.9 cm³/mol. The summed E-state index contributed by atoms with van der Waals surface area (Å²) in [5, 5.41) is 2.27. The second-order valence-electron chi connectivity index (χ2n) is 1.99. The van der Waals surface area contributed by atoms with E-state index in [9.17, 15) is 13.2 Å². The van der Waals surface area contributed by atoms with E-state index >= 15 is 0 Å². The van der Waals surface area contributed by atoms with Crippen LogP contribution in [0.25, 0.3) is 0 Å². The molecule has 0 aliphatic carbocycles. The van der Waals surface area contributed by atoms with Crippen LogP contribution in [0, 0.1) is 17.5 Å². The van der Waals surface area contributed by atoms with Crippen molar-refractivity contribution in [2.24, 2.45) is 0 Å². The molecule has 0 aliphatic rings. The molecule has 1 rings (SSSR count). The fourth-order valence-corrected chi connectivity index (χ4v) is 0.781. The lowest BCUT2D eigenvalue weighted by Crippen LogP contribution is -1.97. The Morgan fingerprint density at radius 1 is 1.09 bits per heavy atom. The quantitative estimate of drug-likeness (QED) is 0.665. The van der Waals surface area contributed by atoms with Gasteiger partial charge in [-0.1, -0.05) is 0 Å². The highest BCUT2D eigenvalue weighted by molar-refractivity contribution is 5.45. The Morgan fingerprint density at radius 3 is 1.91 bits per heavy atom. The second-order valence-corrected chi connectivity index (χ2v) is 1.99. The SMILES string of the molecule is CNc1c(F)cc(F)cc1F. The Morgan fingerprint density at radius 2 is 1.55 bits per heavy atom. The molecule has 0 atom stereocenters. The maximum absolute atomic E-state index is 12.6. The summed E-state index contributed by atoms with van der Waals surface area (Å²) in [7, 11) is 1.36. The van der Waals surface area contributed by atoms with Crippen LogP contribution in [0.15, 0.2) is 12.1 Å². The summed E-state index contributed by atoms with van der Waals surface area (Å²) < 4.78 is 37.4. The molecule has 1 aromatic carbocycles. The molecular formula is C7H6F3N. The van der Waals surface area contributed by atoms with Gasteiger partial charge in [0.1, 0.15) is 11.5 Å². The van der Waals surface area contributed by atoms with Crippen LogP contribution in [0.4, 0.5) is 18.9 Å². The van der Waals surface area contributed by atoms with Gasteiger partial charge in [0.2, 0.25) is 0 Å². The summed E-state index contributed by atoms with van der Waals surface area (Å²) >= 11 is 0. The van der Waals surface area contributed by atoms with Crippen LogP contribution >= 0.6 is 0 Å². The normalized spacial score (nSPS) is 9.82. The van der Waals surface area contributed by atoms with Crippen molar-refractivity contribution in [1.82, 2.24) is 0 Å². The van der Waals surface area contributed by atoms with E-state index in [1.54, 1.807) is 0 Å². The number of nitrogens with one attached hydrogen (secondary N) is 1. The summed E-state index contributed by atoms with van der Waals surface area (Å²) in [4.78, 5) is 0. The lowest BCUT2D eigenvalue weighted by Gasteiger charge is -2.02. The van der Waals surface area contributed by atoms with Gasteiger partial charge < -0.3 is 5.32 Å². The molecule has 1 N–H and O–H groups in total. The third-order valence-corrected chi connectivity index (χ3v) is 1.26. The molecule has 0 fully saturated rings. The first-order valence-corrected chi connectivity index (χ1v) is 2.97. The fraction of sp³-hybridized carbons (Fsp3) is 0.143. The van der Waals surface area contributed by atoms with Crippen LogP contribution in [0.5, 0.6) is 0 Å². The zero-order chi connectivity index (χ0) is 8.43. The number of rotatable bonds is 1. The van der Waals surface area contributed by atoms with Crippen molar-refractivity contribution in [2.45, 2.75) is 0 Å². The van der Waals surface area contributed by atoms with Crippen LogP contribution in [0.1, 0.15) is 0 Å². The third kappa shape index (κ3) is 1.45. The van der Waals surface area contributed by atoms with Gasteiger partial charge >= 0.3 is 0 Å². The Kier molecular flexibility index (Phi) is 2.03. The van der Waals surface area contributed by atoms with Gasteiger partial charge in [0.25, 0.3) is 0 Å². The second kappa shape index (κ2) is 2.82. The molecular weight excluding hydrogens is 155 g/mol. The van der Waals surface area contributed by atoms with Gasteiger partial charge in [-0.15, -0.1) is 0 Å². The zero-order valence-electron chi connectivity index (χ0n) is 5.79. The zero-order valence-corrected chi connectivity index (χ0v) is 5.79. The highest BCUT2D eigenvalue weighted by atomic mass is 19.1. The smallest absolute Gasteiger partial charge is 0.152 e. The van der Waals surface area contributed by atoms with E-state index in [4.69, 9.17) is 0 Å². The molecule has 60 valence electrons. The molecule has 0 bridgehead atoms. The van der Waals surface area contributed by atoms with Gasteiger partial charge in [0.05, 0.1) is 0 Å². The van der Waals surface area contributed by atoms with E-state index in [2.05, 4.69) is 5.32 Å². The molecule has 0 heterocycles. The number of hydrogen-bond acceptors (Lipinski definition) is 1. The Bertz CT molecular complexity index is 249. The molecule has 4 heteroatoms. The maximum Gasteiger partial charge on any atom is 0.152 e. The number of anilines is 1. The van der Waals surface area contributed by atoms with Crippen LogP contribution in [-0.2, 0) is 0 Å². The summed E-state index contributed by atoms with van der Waals surface area (Å²) in [6.07, 6.45) is 0. The van der Waals surface area contributed by atoms with Gasteiger partial charge in [-0.3, -0.25) is 0 Å². The average Bonchev–Trinajstić information content (AvgIpc) is 1.85. The molecule has 0 aromatic heterocycles. The first kappa shape index (κ1) is 7.91. The van der Waals surface area contributed by atoms with Gasteiger partial charge in [-0.05, 0) is 0 Å². The van der Waals surface area contributed by atoms with E-state index < -0.39 is 17.5 Å². The van der Waals surface area contributed by atoms with Crippen molar-refractivity contribution in [1.29, 1.82) is 0 Å². The van der Waals surface area contributed by atoms with Crippen LogP contribution in [0.3, 0.4) is 0 Å². The molecule has 1 aromatic rings. The highest BCUT2D eigenvalue weighted by Gasteiger charge is 2.08. The predicted octanol–water partition coefficient (Wildman–Crippen LogP) is 2.15. The molecule has 0 aliphatic heterocycles. The molecule has 0 unspecified atom stereocenters. The topological polar surface area (TPSA) is 12.0 Å². The molecule has 0 spiro atoms. The molecule has 11 heavy (non-hydrogen) atoms. The lowest BCUT2D eigenvalue weighted by atomic mass is 10.3. The minimum Gasteiger partial charge on any atom is -0.383 e. The van der Waals surface area contributed by atoms with Crippen molar-refractivity contribution >= 4 is 5.69 Å². The highest BCUT2D eigenvalue weighted by Crippen LogP contribution is 2.18. The first-order valence-electron chi connectivity index (χ1n) is 2.97. The van der Waals surface area contributed by atoms with Gasteiger partial charge in [0, 0.05) is 19.2 Å². The number of benzene rings is 1. The van der Waals surface area contributed by atoms with E-state index in [1.165, 1.54) is 7.05 Å². The van der Waals surface area contributed by atoms with Gasteiger partial charge in [0.15, 0.2) is 11.6 Å². The third-order valence-electron chi connectivity index (χ3n) is 1.26. The minimum atomic E-state index is -0.926. The Labute approximate surface area is 61.8 Å². The van der Waals surface area contributed by atoms with E-state index in [-0.39, 0.29) is 5.69 Å². The standard InChI is InChI=1S/C7H6F3N/c1-11-7-5(9)2-4(8)3-6(7)10/h2-3,11H,1H3. The van der Waals surface area contributed by atoms with Crippen LogP contribution in [-0.4, -0.2) is 7.05 Å². The first-order chi connectivity index (χ1) is 5.15. The van der Waals surface area contributed by atoms with Crippen molar-refractivity contribution < 1.29 is 13.2 Å². The maximum atomic E-state index is 12.6. The molecule has 0 saturated carbocycles. The monoisotopic (exact) mass is 161 g/mol. The molecule has 0 radical (unpaired) electrons. The number of halogens is 3. The lowest BCUT2D eigenvalue weighted by molar-refractivity contribution is 0.548. The van der Waals surface area contributed by atoms with Gasteiger partial charge in [-0.2, -0.15) is 0 Å². The molecule has 1 nitrogen and oxygen atoms in total. The van der Waals surface area contributed by atoms with Crippen molar-refractivity contribution in [3.05, 3.63) is 29.6 Å². The number of hydrogen-bond donors (Lipinski definition) is 1. The minimum absolute atomic E-state index is 0.314. The van der Waals surface area contributed by atoms with Crippen molar-refractivity contribution in [2.75, 3.05) is 12.4 Å². The fourth-order valence-electron chi connectivity index (χ4n) is 0.781. The van der Waals surface area contributed by atoms with Crippen LogP contribution < -0.4 is 5.32 Å².